The van der Waals surface area contributed by atoms with Crippen molar-refractivity contribution in [2.24, 2.45) is 5.92 Å². The zero-order valence-electron chi connectivity index (χ0n) is 18.9. The first kappa shape index (κ1) is 23.6. The Bertz CT molecular complexity index is 810. The summed E-state index contributed by atoms with van der Waals surface area (Å²) < 4.78 is 5.47. The Morgan fingerprint density at radius 2 is 1.77 bits per heavy atom. The average molecular weight is 453 g/mol. The van der Waals surface area contributed by atoms with Gasteiger partial charge in [-0.05, 0) is 58.1 Å². The van der Waals surface area contributed by atoms with Crippen molar-refractivity contribution in [3.63, 3.8) is 0 Å². The van der Waals surface area contributed by atoms with Gasteiger partial charge in [0.1, 0.15) is 10.6 Å². The van der Waals surface area contributed by atoms with Crippen molar-refractivity contribution in [3.05, 3.63) is 32.8 Å². The van der Waals surface area contributed by atoms with Crippen molar-refractivity contribution in [2.75, 3.05) is 50.7 Å². The van der Waals surface area contributed by atoms with Crippen LogP contribution in [0.4, 0.5) is 16.2 Å². The van der Waals surface area contributed by atoms with Crippen LogP contribution in [0, 0.1) is 23.0 Å². The van der Waals surface area contributed by atoms with Gasteiger partial charge in [-0.25, -0.2) is 4.79 Å². The largest absolute Gasteiger partial charge is 0.444 e. The number of nitrogens with zero attached hydrogens (tertiary/aromatic N) is 4. The fourth-order valence-corrected chi connectivity index (χ4v) is 4.52. The van der Waals surface area contributed by atoms with Crippen LogP contribution < -0.4 is 4.90 Å². The number of ether oxygens (including phenoxy) is 1. The van der Waals surface area contributed by atoms with E-state index >= 15 is 0 Å². The van der Waals surface area contributed by atoms with Crippen molar-refractivity contribution in [1.29, 1.82) is 0 Å². The fourth-order valence-electron chi connectivity index (χ4n) is 4.30. The van der Waals surface area contributed by atoms with Crippen molar-refractivity contribution >= 4 is 29.1 Å². The van der Waals surface area contributed by atoms with Crippen LogP contribution in [0.1, 0.15) is 39.2 Å². The molecule has 0 saturated carbocycles. The second-order valence-corrected chi connectivity index (χ2v) is 9.95. The topological polar surface area (TPSA) is 79.2 Å². The smallest absolute Gasteiger partial charge is 0.410 e. The lowest BCUT2D eigenvalue weighted by Crippen LogP contribution is -2.51. The molecule has 0 unspecified atom stereocenters. The lowest BCUT2D eigenvalue weighted by molar-refractivity contribution is -0.384. The predicted molar refractivity (Wildman–Crippen MR) is 122 cm³/mol. The lowest BCUT2D eigenvalue weighted by atomic mass is 9.95. The van der Waals surface area contributed by atoms with E-state index in [1.807, 2.05) is 27.7 Å². The monoisotopic (exact) mass is 452 g/mol. The van der Waals surface area contributed by atoms with E-state index in [9.17, 15) is 14.9 Å². The number of hydrogen-bond donors (Lipinski definition) is 0. The molecule has 0 atom stereocenters. The van der Waals surface area contributed by atoms with Crippen molar-refractivity contribution in [3.8, 4) is 0 Å². The minimum atomic E-state index is -0.464. The van der Waals surface area contributed by atoms with Crippen molar-refractivity contribution < 1.29 is 14.5 Å². The van der Waals surface area contributed by atoms with Gasteiger partial charge in [-0.15, -0.1) is 0 Å². The molecule has 8 nitrogen and oxygen atoms in total. The summed E-state index contributed by atoms with van der Waals surface area (Å²) in [6.07, 6.45) is 1.92. The molecule has 1 aromatic carbocycles. The number of nitro benzene ring substituents is 1. The van der Waals surface area contributed by atoms with E-state index in [4.69, 9.17) is 16.3 Å². The number of carbonyl (C=O) groups is 1. The molecule has 1 amide bonds. The van der Waals surface area contributed by atoms with Gasteiger partial charge >= 0.3 is 6.09 Å². The molecule has 0 bridgehead atoms. The fraction of sp³-hybridized carbons (Fsp3) is 0.682. The molecular formula is C22H33ClN4O4. The Kier molecular flexibility index (Phi) is 7.31. The van der Waals surface area contributed by atoms with Crippen LogP contribution in [-0.4, -0.2) is 72.2 Å². The van der Waals surface area contributed by atoms with Crippen molar-refractivity contribution in [2.45, 2.75) is 46.1 Å². The van der Waals surface area contributed by atoms with Gasteiger partial charge in [0, 0.05) is 57.6 Å². The van der Waals surface area contributed by atoms with Crippen LogP contribution >= 0.6 is 11.6 Å². The summed E-state index contributed by atoms with van der Waals surface area (Å²) in [6, 6.07) is 3.29. The predicted octanol–water partition coefficient (Wildman–Crippen LogP) is 4.33. The Morgan fingerprint density at radius 3 is 2.32 bits per heavy atom. The maximum Gasteiger partial charge on any atom is 0.410 e. The Labute approximate surface area is 189 Å². The third kappa shape index (κ3) is 6.23. The molecule has 2 heterocycles. The molecule has 2 saturated heterocycles. The molecule has 172 valence electrons. The SMILES string of the molecule is Cc1cc([N+](=O)[O-])c(Cl)cc1N1CCC(CN2CCN(C(=O)OC(C)(C)C)CC2)CC1. The lowest BCUT2D eigenvalue weighted by Gasteiger charge is -2.39. The van der Waals surface area contributed by atoms with Gasteiger partial charge in [0.05, 0.1) is 4.92 Å². The second-order valence-electron chi connectivity index (χ2n) is 9.55. The van der Waals surface area contributed by atoms with Crippen LogP contribution in [0.15, 0.2) is 12.1 Å². The van der Waals surface area contributed by atoms with E-state index in [1.54, 1.807) is 17.0 Å². The third-order valence-corrected chi connectivity index (χ3v) is 6.26. The minimum Gasteiger partial charge on any atom is -0.444 e. The first-order valence-electron chi connectivity index (χ1n) is 10.9. The zero-order valence-corrected chi connectivity index (χ0v) is 19.7. The van der Waals surface area contributed by atoms with E-state index in [2.05, 4.69) is 9.80 Å². The normalized spacial score (nSPS) is 18.9. The highest BCUT2D eigenvalue weighted by Gasteiger charge is 2.28. The van der Waals surface area contributed by atoms with E-state index < -0.39 is 10.5 Å². The first-order valence-corrected chi connectivity index (χ1v) is 11.3. The summed E-state index contributed by atoms with van der Waals surface area (Å²) >= 11 is 6.13. The minimum absolute atomic E-state index is 0.0386. The summed E-state index contributed by atoms with van der Waals surface area (Å²) in [4.78, 5) is 29.4. The molecule has 2 aliphatic rings. The molecule has 0 radical (unpaired) electrons. The number of nitro groups is 1. The van der Waals surface area contributed by atoms with E-state index in [-0.39, 0.29) is 16.8 Å². The van der Waals surface area contributed by atoms with Gasteiger partial charge in [-0.2, -0.15) is 0 Å². The number of carbonyl (C=O) groups excluding carboxylic acids is 1. The zero-order chi connectivity index (χ0) is 22.8. The molecule has 2 fully saturated rings. The number of amides is 1. The third-order valence-electron chi connectivity index (χ3n) is 5.96. The highest BCUT2D eigenvalue weighted by atomic mass is 35.5. The van der Waals surface area contributed by atoms with Gasteiger partial charge in [0.25, 0.3) is 5.69 Å². The number of piperazine rings is 1. The Morgan fingerprint density at radius 1 is 1.16 bits per heavy atom. The van der Waals surface area contributed by atoms with Gasteiger partial charge in [0.15, 0.2) is 0 Å². The molecule has 0 N–H and O–H groups in total. The highest BCUT2D eigenvalue weighted by Crippen LogP contribution is 2.34. The number of aryl methyl sites for hydroxylation is 1. The van der Waals surface area contributed by atoms with Gasteiger partial charge in [0.2, 0.25) is 0 Å². The summed E-state index contributed by atoms with van der Waals surface area (Å²) in [5.41, 5.74) is 1.37. The second kappa shape index (κ2) is 9.61. The van der Waals surface area contributed by atoms with Gasteiger partial charge in [-0.3, -0.25) is 15.0 Å². The number of halogens is 1. The maximum absolute atomic E-state index is 12.2. The van der Waals surface area contributed by atoms with E-state index in [1.165, 1.54) is 0 Å². The Balaban J connectivity index is 1.47. The summed E-state index contributed by atoms with van der Waals surface area (Å²) in [7, 11) is 0. The van der Waals surface area contributed by atoms with E-state index in [0.29, 0.717) is 19.0 Å². The highest BCUT2D eigenvalue weighted by molar-refractivity contribution is 6.33. The molecule has 0 aromatic heterocycles. The van der Waals surface area contributed by atoms with E-state index in [0.717, 1.165) is 56.8 Å². The van der Waals surface area contributed by atoms with Crippen LogP contribution in [-0.2, 0) is 4.74 Å². The first-order chi connectivity index (χ1) is 14.5. The number of benzene rings is 1. The molecule has 0 aliphatic carbocycles. The molecule has 31 heavy (non-hydrogen) atoms. The molecule has 0 spiro atoms. The van der Waals surface area contributed by atoms with Crippen LogP contribution in [0.3, 0.4) is 0 Å². The molecule has 2 aliphatic heterocycles. The Hall–Kier alpha value is -2.06. The van der Waals surface area contributed by atoms with Gasteiger partial charge < -0.3 is 14.5 Å². The van der Waals surface area contributed by atoms with Crippen LogP contribution in [0.2, 0.25) is 5.02 Å². The van der Waals surface area contributed by atoms with Crippen LogP contribution in [0.5, 0.6) is 0 Å². The standard InChI is InChI=1S/C22H33ClN4O4/c1-16-13-20(27(29)30)18(23)14-19(16)25-7-5-17(6-8-25)15-24-9-11-26(12-10-24)21(28)31-22(2,3)4/h13-14,17H,5-12,15H2,1-4H3. The van der Waals surface area contributed by atoms with Gasteiger partial charge in [-0.1, -0.05) is 11.6 Å². The van der Waals surface area contributed by atoms with Crippen molar-refractivity contribution in [1.82, 2.24) is 9.80 Å². The number of hydrogen-bond acceptors (Lipinski definition) is 6. The molecule has 1 aromatic rings. The number of anilines is 1. The average Bonchev–Trinajstić information content (AvgIpc) is 2.69. The maximum atomic E-state index is 12.2. The summed E-state index contributed by atoms with van der Waals surface area (Å²) in [6.45, 7) is 13.6. The summed E-state index contributed by atoms with van der Waals surface area (Å²) in [5, 5.41) is 11.3. The number of rotatable bonds is 4. The molecule has 9 heteroatoms. The number of piperidine rings is 1. The van der Waals surface area contributed by atoms with Crippen LogP contribution in [0.25, 0.3) is 0 Å². The quantitative estimate of drug-likeness (QED) is 0.499. The summed E-state index contributed by atoms with van der Waals surface area (Å²) in [5.74, 6) is 0.609. The molecular weight excluding hydrogens is 420 g/mol. The molecule has 3 rings (SSSR count).